The van der Waals surface area contributed by atoms with E-state index in [-0.39, 0.29) is 6.04 Å². The molecular weight excluding hydrogens is 360 g/mol. The molecule has 138 valence electrons. The third-order valence-electron chi connectivity index (χ3n) is 4.51. The van der Waals surface area contributed by atoms with Crippen molar-refractivity contribution in [3.8, 4) is 27.8 Å². The summed E-state index contributed by atoms with van der Waals surface area (Å²) in [5, 5.41) is 16.7. The summed E-state index contributed by atoms with van der Waals surface area (Å²) in [6, 6.07) is 6.11. The molecule has 3 heterocycles. The number of hydrogen-bond donors (Lipinski definition) is 2. The number of thiazole rings is 1. The molecule has 3 N–H and O–H groups in total. The SMILES string of the molecule is CC(C)n1cnnc1-c1nc2c(s1)CCOc1cc(/C(C=N)=C/N)ccc1-2. The van der Waals surface area contributed by atoms with Gasteiger partial charge in [0.05, 0.1) is 12.3 Å². The Balaban J connectivity index is 1.81. The first-order valence-electron chi connectivity index (χ1n) is 8.72. The lowest BCUT2D eigenvalue weighted by atomic mass is 10.0. The van der Waals surface area contributed by atoms with E-state index in [1.54, 1.807) is 17.7 Å². The second kappa shape index (κ2) is 6.96. The molecule has 7 nitrogen and oxygen atoms in total. The zero-order valence-corrected chi connectivity index (χ0v) is 16.0. The molecule has 1 aliphatic heterocycles. The van der Waals surface area contributed by atoms with Crippen molar-refractivity contribution in [3.63, 3.8) is 0 Å². The summed E-state index contributed by atoms with van der Waals surface area (Å²) in [6.45, 7) is 4.78. The van der Waals surface area contributed by atoms with Gasteiger partial charge in [-0.05, 0) is 31.5 Å². The van der Waals surface area contributed by atoms with Gasteiger partial charge in [0.15, 0.2) is 10.8 Å². The summed E-state index contributed by atoms with van der Waals surface area (Å²) < 4.78 is 7.98. The first-order valence-corrected chi connectivity index (χ1v) is 9.53. The lowest BCUT2D eigenvalue weighted by molar-refractivity contribution is 0.327. The molecule has 0 bridgehead atoms. The van der Waals surface area contributed by atoms with Crippen LogP contribution in [0.2, 0.25) is 0 Å². The van der Waals surface area contributed by atoms with Crippen LogP contribution in [0.4, 0.5) is 0 Å². The fourth-order valence-electron chi connectivity index (χ4n) is 3.10. The predicted octanol–water partition coefficient (Wildman–Crippen LogP) is 3.53. The normalized spacial score (nSPS) is 13.7. The maximum atomic E-state index is 7.50. The number of benzene rings is 1. The van der Waals surface area contributed by atoms with E-state index in [9.17, 15) is 0 Å². The van der Waals surface area contributed by atoms with Gasteiger partial charge in [-0.2, -0.15) is 0 Å². The Morgan fingerprint density at radius 1 is 1.41 bits per heavy atom. The molecule has 1 aliphatic rings. The molecule has 2 aromatic heterocycles. The molecule has 0 spiro atoms. The van der Waals surface area contributed by atoms with E-state index in [4.69, 9.17) is 20.9 Å². The van der Waals surface area contributed by atoms with E-state index in [0.29, 0.717) is 12.2 Å². The number of nitrogens with two attached hydrogens (primary N) is 1. The Bertz CT molecular complexity index is 1030. The van der Waals surface area contributed by atoms with Crippen LogP contribution in [0.3, 0.4) is 0 Å². The van der Waals surface area contributed by atoms with Crippen molar-refractivity contribution >= 4 is 23.1 Å². The van der Waals surface area contributed by atoms with E-state index >= 15 is 0 Å². The molecule has 0 aliphatic carbocycles. The van der Waals surface area contributed by atoms with Crippen molar-refractivity contribution in [1.82, 2.24) is 19.7 Å². The lowest BCUT2D eigenvalue weighted by Crippen LogP contribution is -2.01. The van der Waals surface area contributed by atoms with Crippen LogP contribution in [0.5, 0.6) is 5.75 Å². The van der Waals surface area contributed by atoms with Gasteiger partial charge in [0.1, 0.15) is 12.1 Å². The van der Waals surface area contributed by atoms with Crippen LogP contribution in [0.25, 0.3) is 27.7 Å². The fraction of sp³-hybridized carbons (Fsp3) is 0.263. The Labute approximate surface area is 161 Å². The highest BCUT2D eigenvalue weighted by molar-refractivity contribution is 7.15. The van der Waals surface area contributed by atoms with Gasteiger partial charge >= 0.3 is 0 Å². The number of aromatic nitrogens is 4. The Kier molecular flexibility index (Phi) is 4.49. The van der Waals surface area contributed by atoms with Crippen molar-refractivity contribution in [2.45, 2.75) is 26.3 Å². The van der Waals surface area contributed by atoms with Gasteiger partial charge in [0.2, 0.25) is 0 Å². The standard InChI is InChI=1S/C19H20N6OS/c1-11(2)25-10-22-24-18(25)19-23-17-14-4-3-12(13(8-20)9-21)7-15(14)26-6-5-16(17)27-19/h3-4,7-11,20H,5-6,21H2,1-2H3/b13-9+,20-8?. The summed E-state index contributed by atoms with van der Waals surface area (Å²) in [5.41, 5.74) is 9.00. The molecule has 27 heavy (non-hydrogen) atoms. The van der Waals surface area contributed by atoms with Gasteiger partial charge in [-0.25, -0.2) is 4.98 Å². The van der Waals surface area contributed by atoms with E-state index < -0.39 is 0 Å². The smallest absolute Gasteiger partial charge is 0.193 e. The van der Waals surface area contributed by atoms with Crippen molar-refractivity contribution < 1.29 is 4.74 Å². The van der Waals surface area contributed by atoms with Gasteiger partial charge in [-0.15, -0.1) is 21.5 Å². The third kappa shape index (κ3) is 3.02. The second-order valence-electron chi connectivity index (χ2n) is 6.52. The molecule has 3 aromatic rings. The fourth-order valence-corrected chi connectivity index (χ4v) is 4.14. The van der Waals surface area contributed by atoms with Crippen LogP contribution < -0.4 is 10.5 Å². The molecule has 0 saturated heterocycles. The lowest BCUT2D eigenvalue weighted by Gasteiger charge is -2.10. The number of hydrogen-bond acceptors (Lipinski definition) is 7. The van der Waals surface area contributed by atoms with Crippen LogP contribution in [0.1, 0.15) is 30.3 Å². The van der Waals surface area contributed by atoms with E-state index in [1.807, 2.05) is 22.8 Å². The largest absolute Gasteiger partial charge is 0.492 e. The highest BCUT2D eigenvalue weighted by Gasteiger charge is 2.23. The van der Waals surface area contributed by atoms with Crippen molar-refractivity contribution in [1.29, 1.82) is 5.41 Å². The van der Waals surface area contributed by atoms with E-state index in [0.717, 1.165) is 39.8 Å². The first-order chi connectivity index (χ1) is 13.1. The molecular formula is C19H20N6OS. The number of allylic oxidation sites excluding steroid dienone is 1. The van der Waals surface area contributed by atoms with Crippen LogP contribution in [0, 0.1) is 5.41 Å². The molecule has 0 radical (unpaired) electrons. The quantitative estimate of drug-likeness (QED) is 0.674. The van der Waals surface area contributed by atoms with E-state index in [2.05, 4.69) is 24.0 Å². The number of fused-ring (bicyclic) bond motifs is 3. The number of rotatable bonds is 4. The van der Waals surface area contributed by atoms with Crippen molar-refractivity contribution in [2.24, 2.45) is 5.73 Å². The van der Waals surface area contributed by atoms with Crippen LogP contribution in [-0.2, 0) is 6.42 Å². The first kappa shape index (κ1) is 17.4. The van der Waals surface area contributed by atoms with Gasteiger partial charge in [0.25, 0.3) is 0 Å². The molecule has 1 aromatic carbocycles. The highest BCUT2D eigenvalue weighted by atomic mass is 32.1. The van der Waals surface area contributed by atoms with Crippen LogP contribution in [-0.4, -0.2) is 32.6 Å². The molecule has 0 saturated carbocycles. The molecule has 0 unspecified atom stereocenters. The monoisotopic (exact) mass is 380 g/mol. The zero-order chi connectivity index (χ0) is 19.0. The third-order valence-corrected chi connectivity index (χ3v) is 5.62. The van der Waals surface area contributed by atoms with Gasteiger partial charge in [0, 0.05) is 40.9 Å². The average Bonchev–Trinajstić information content (AvgIpc) is 3.27. The number of ether oxygens (including phenoxy) is 1. The average molecular weight is 380 g/mol. The van der Waals surface area contributed by atoms with Gasteiger partial charge in [-0.1, -0.05) is 6.07 Å². The molecule has 0 fully saturated rings. The van der Waals surface area contributed by atoms with Crippen LogP contribution >= 0.6 is 11.3 Å². The number of nitrogens with one attached hydrogen (secondary N) is 1. The van der Waals surface area contributed by atoms with E-state index in [1.165, 1.54) is 17.3 Å². The summed E-state index contributed by atoms with van der Waals surface area (Å²) >= 11 is 1.64. The minimum absolute atomic E-state index is 0.263. The molecule has 0 amide bonds. The summed E-state index contributed by atoms with van der Waals surface area (Å²) in [4.78, 5) is 6.06. The summed E-state index contributed by atoms with van der Waals surface area (Å²) in [6.07, 6.45) is 5.20. The van der Waals surface area contributed by atoms with Crippen molar-refractivity contribution in [2.75, 3.05) is 6.61 Å². The van der Waals surface area contributed by atoms with Gasteiger partial charge in [-0.3, -0.25) is 0 Å². The molecule has 4 rings (SSSR count). The predicted molar refractivity (Wildman–Crippen MR) is 107 cm³/mol. The van der Waals surface area contributed by atoms with Gasteiger partial charge < -0.3 is 20.4 Å². The summed E-state index contributed by atoms with van der Waals surface area (Å²) in [7, 11) is 0. The molecule has 8 heteroatoms. The van der Waals surface area contributed by atoms with Crippen molar-refractivity contribution in [3.05, 3.63) is 41.2 Å². The second-order valence-corrected chi connectivity index (χ2v) is 7.61. The number of nitrogens with zero attached hydrogens (tertiary/aromatic N) is 4. The topological polar surface area (TPSA) is 103 Å². The molecule has 0 atom stereocenters. The maximum absolute atomic E-state index is 7.50. The highest BCUT2D eigenvalue weighted by Crippen LogP contribution is 2.41. The minimum Gasteiger partial charge on any atom is -0.492 e. The van der Waals surface area contributed by atoms with Crippen LogP contribution in [0.15, 0.2) is 30.7 Å². The Morgan fingerprint density at radius 2 is 2.26 bits per heavy atom. The Hall–Kier alpha value is -3.00. The Morgan fingerprint density at radius 3 is 3.00 bits per heavy atom. The minimum atomic E-state index is 0.263. The maximum Gasteiger partial charge on any atom is 0.193 e. The summed E-state index contributed by atoms with van der Waals surface area (Å²) in [5.74, 6) is 1.55. The zero-order valence-electron chi connectivity index (χ0n) is 15.1.